The molecule has 3 unspecified atom stereocenters. The number of rotatable bonds is 52. The van der Waals surface area contributed by atoms with E-state index in [4.69, 9.17) is 23.3 Å². The van der Waals surface area contributed by atoms with E-state index >= 15 is 0 Å². The van der Waals surface area contributed by atoms with E-state index in [0.29, 0.717) is 19.3 Å². The molecule has 3 atom stereocenters. The van der Waals surface area contributed by atoms with E-state index in [1.54, 1.807) is 0 Å². The second-order valence-corrected chi connectivity index (χ2v) is 20.2. The highest BCUT2D eigenvalue weighted by atomic mass is 31.2. The van der Waals surface area contributed by atoms with Gasteiger partial charge in [0.2, 0.25) is 0 Å². The normalized spacial score (nSPS) is 14.0. The Morgan fingerprint density at radius 1 is 0.403 bits per heavy atom. The summed E-state index contributed by atoms with van der Waals surface area (Å²) in [6.07, 6.45) is 61.2. The number of carbonyl (C=O) groups excluding carboxylic acids is 3. The molecule has 11 nitrogen and oxygen atoms in total. The Balaban J connectivity index is 4.77. The predicted molar refractivity (Wildman–Crippen MR) is 298 cm³/mol. The zero-order valence-electron chi connectivity index (χ0n) is 45.6. The summed E-state index contributed by atoms with van der Waals surface area (Å²) >= 11 is 0. The highest BCUT2D eigenvalue weighted by Crippen LogP contribution is 2.43. The first-order chi connectivity index (χ1) is 35.2. The van der Waals surface area contributed by atoms with Crippen molar-refractivity contribution >= 4 is 25.7 Å². The Hall–Kier alpha value is -3.34. The number of esters is 3. The van der Waals surface area contributed by atoms with Crippen LogP contribution in [0.4, 0.5) is 0 Å². The molecule has 0 bridgehead atoms. The lowest BCUT2D eigenvalue weighted by molar-refractivity contribution is -0.161. The zero-order valence-corrected chi connectivity index (χ0v) is 46.5. The molecule has 0 spiro atoms. The fraction of sp³-hybridized carbons (Fsp3) is 0.717. The molecular weight excluding hydrogens is 928 g/mol. The van der Waals surface area contributed by atoms with Gasteiger partial charge in [0.1, 0.15) is 12.7 Å². The first-order valence-corrected chi connectivity index (χ1v) is 30.0. The second kappa shape index (κ2) is 53.9. The number of phosphoric ester groups is 1. The van der Waals surface area contributed by atoms with Gasteiger partial charge in [0, 0.05) is 19.3 Å². The topological polar surface area (TPSA) is 155 Å². The van der Waals surface area contributed by atoms with E-state index in [1.165, 1.54) is 51.4 Å². The molecule has 0 amide bonds. The van der Waals surface area contributed by atoms with E-state index in [2.05, 4.69) is 106 Å². The lowest BCUT2D eigenvalue weighted by Crippen LogP contribution is -2.30. The van der Waals surface area contributed by atoms with E-state index < -0.39 is 57.8 Å². The van der Waals surface area contributed by atoms with Crippen molar-refractivity contribution in [3.05, 3.63) is 85.1 Å². The number of unbranched alkanes of at least 4 members (excludes halogenated alkanes) is 21. The number of carbonyl (C=O) groups is 3. The molecule has 0 radical (unpaired) electrons. The maximum Gasteiger partial charge on any atom is 0.472 e. The average Bonchev–Trinajstić information content (AvgIpc) is 3.37. The van der Waals surface area contributed by atoms with Gasteiger partial charge in [-0.1, -0.05) is 196 Å². The Morgan fingerprint density at radius 3 is 1.18 bits per heavy atom. The minimum atomic E-state index is -4.76. The summed E-state index contributed by atoms with van der Waals surface area (Å²) in [7, 11) is -4.76. The number of ether oxygens (including phenoxy) is 3. The molecule has 0 aromatic carbocycles. The largest absolute Gasteiger partial charge is 0.472 e. The number of aliphatic hydroxyl groups excluding tert-OH is 1. The number of hydrogen-bond donors (Lipinski definition) is 2. The van der Waals surface area contributed by atoms with Crippen molar-refractivity contribution < 1.29 is 52.2 Å². The monoisotopic (exact) mass is 1030 g/mol. The van der Waals surface area contributed by atoms with Crippen LogP contribution in [0, 0.1) is 0 Å². The summed E-state index contributed by atoms with van der Waals surface area (Å²) in [5.41, 5.74) is 0. The molecule has 0 aromatic heterocycles. The lowest BCUT2D eigenvalue weighted by atomic mass is 10.1. The highest BCUT2D eigenvalue weighted by molar-refractivity contribution is 7.47. The van der Waals surface area contributed by atoms with Gasteiger partial charge < -0.3 is 24.2 Å². The van der Waals surface area contributed by atoms with Crippen LogP contribution >= 0.6 is 7.82 Å². The minimum Gasteiger partial charge on any atom is -0.462 e. The van der Waals surface area contributed by atoms with Crippen LogP contribution in [0.3, 0.4) is 0 Å². The molecule has 0 aromatic rings. The van der Waals surface area contributed by atoms with Gasteiger partial charge in [0.05, 0.1) is 19.8 Å². The SMILES string of the molecule is CC/C=C\C/C=C\C/C=C\C/C=C\C/C=C\CCCCCC(=O)OC(COC(=O)CCCCCCC/C=C\CCCC)COP(=O)(O)OCC(CO)OC(=O)CCCCCCC/C=C\CCCCCCCC. The minimum absolute atomic E-state index is 0.123. The predicted octanol–water partition coefficient (Wildman–Crippen LogP) is 16.7. The average molecular weight is 1030 g/mol. The van der Waals surface area contributed by atoms with Gasteiger partial charge in [-0.25, -0.2) is 4.57 Å². The molecule has 0 saturated heterocycles. The molecule has 0 heterocycles. The van der Waals surface area contributed by atoms with Gasteiger partial charge in [0.15, 0.2) is 6.10 Å². The van der Waals surface area contributed by atoms with Crippen molar-refractivity contribution in [1.82, 2.24) is 0 Å². The molecule has 12 heteroatoms. The third kappa shape index (κ3) is 51.6. The molecular formula is C60H103O11P. The van der Waals surface area contributed by atoms with E-state index in [9.17, 15) is 28.9 Å². The van der Waals surface area contributed by atoms with Gasteiger partial charge in [-0.05, 0) is 109 Å². The maximum atomic E-state index is 12.9. The van der Waals surface area contributed by atoms with Crippen LogP contribution in [0.5, 0.6) is 0 Å². The van der Waals surface area contributed by atoms with Crippen molar-refractivity contribution in [1.29, 1.82) is 0 Å². The van der Waals surface area contributed by atoms with E-state index in [-0.39, 0.29) is 25.9 Å². The molecule has 72 heavy (non-hydrogen) atoms. The van der Waals surface area contributed by atoms with Crippen molar-refractivity contribution in [2.45, 2.75) is 251 Å². The molecule has 0 fully saturated rings. The first-order valence-electron chi connectivity index (χ1n) is 28.5. The third-order valence-corrected chi connectivity index (χ3v) is 12.7. The van der Waals surface area contributed by atoms with Crippen LogP contribution in [0.25, 0.3) is 0 Å². The summed E-state index contributed by atoms with van der Waals surface area (Å²) in [6.45, 7) is 4.43. The standard InChI is InChI=1S/C60H103O11P/c1-4-7-10-13-16-19-22-24-26-27-28-29-31-33-36-39-42-45-48-51-60(64)71-57(53-67-58(62)49-46-43-40-37-34-21-18-15-12-9-6-3)55-69-72(65,66)68-54-56(52-61)70-59(63)50-47-44-41-38-35-32-30-25-23-20-17-14-11-8-5-2/h7,10,15-16,18-19,24-26,28-30,33,36,56-57,61H,4-6,8-9,11-14,17,20-23,27,31-32,34-35,37-55H2,1-3H3,(H,65,66)/b10-7-,18-15-,19-16-,26-24-,29-28-,30-25-,36-33-. The van der Waals surface area contributed by atoms with Gasteiger partial charge in [-0.3, -0.25) is 23.4 Å². The smallest absolute Gasteiger partial charge is 0.462 e. The van der Waals surface area contributed by atoms with Crippen LogP contribution in [0.15, 0.2) is 85.1 Å². The molecule has 0 aliphatic heterocycles. The summed E-state index contributed by atoms with van der Waals surface area (Å²) in [5.74, 6) is -1.53. The van der Waals surface area contributed by atoms with E-state index in [1.807, 2.05) is 0 Å². The van der Waals surface area contributed by atoms with Crippen LogP contribution in [-0.4, -0.2) is 66.5 Å². The van der Waals surface area contributed by atoms with Crippen LogP contribution < -0.4 is 0 Å². The quantitative estimate of drug-likeness (QED) is 0.0197. The molecule has 0 aliphatic carbocycles. The Morgan fingerprint density at radius 2 is 0.736 bits per heavy atom. The Bertz CT molecular complexity index is 1530. The second-order valence-electron chi connectivity index (χ2n) is 18.7. The lowest BCUT2D eigenvalue weighted by Gasteiger charge is -2.21. The summed E-state index contributed by atoms with van der Waals surface area (Å²) in [4.78, 5) is 48.4. The number of hydrogen-bond acceptors (Lipinski definition) is 10. The van der Waals surface area contributed by atoms with Gasteiger partial charge in [-0.2, -0.15) is 0 Å². The molecule has 0 saturated carbocycles. The summed E-state index contributed by atoms with van der Waals surface area (Å²) < 4.78 is 39.4. The van der Waals surface area contributed by atoms with Gasteiger partial charge in [-0.15, -0.1) is 0 Å². The molecule has 2 N–H and O–H groups in total. The third-order valence-electron chi connectivity index (χ3n) is 11.8. The van der Waals surface area contributed by atoms with E-state index in [0.717, 1.165) is 128 Å². The van der Waals surface area contributed by atoms with Gasteiger partial charge in [0.25, 0.3) is 0 Å². The van der Waals surface area contributed by atoms with Crippen LogP contribution in [0.2, 0.25) is 0 Å². The Labute approximate surface area is 439 Å². The number of aliphatic hydroxyl groups is 1. The number of allylic oxidation sites excluding steroid dienone is 14. The van der Waals surface area contributed by atoms with Crippen molar-refractivity contribution in [3.63, 3.8) is 0 Å². The highest BCUT2D eigenvalue weighted by Gasteiger charge is 2.28. The fourth-order valence-electron chi connectivity index (χ4n) is 7.42. The Kier molecular flexibility index (Phi) is 51.4. The summed E-state index contributed by atoms with van der Waals surface area (Å²) in [5, 5.41) is 9.80. The fourth-order valence-corrected chi connectivity index (χ4v) is 8.20. The van der Waals surface area contributed by atoms with Crippen molar-refractivity contribution in [2.24, 2.45) is 0 Å². The first kappa shape index (κ1) is 68.7. The van der Waals surface area contributed by atoms with Gasteiger partial charge >= 0.3 is 25.7 Å². The molecule has 414 valence electrons. The number of phosphoric acid groups is 1. The van der Waals surface area contributed by atoms with Crippen LogP contribution in [0.1, 0.15) is 239 Å². The van der Waals surface area contributed by atoms with Crippen molar-refractivity contribution in [2.75, 3.05) is 26.4 Å². The van der Waals surface area contributed by atoms with Crippen LogP contribution in [-0.2, 0) is 42.2 Å². The zero-order chi connectivity index (χ0) is 52.7. The molecule has 0 rings (SSSR count). The summed E-state index contributed by atoms with van der Waals surface area (Å²) in [6, 6.07) is 0. The van der Waals surface area contributed by atoms with Crippen molar-refractivity contribution in [3.8, 4) is 0 Å². The maximum absolute atomic E-state index is 12.9. The molecule has 0 aliphatic rings.